The van der Waals surface area contributed by atoms with Gasteiger partial charge in [0.25, 0.3) is 5.56 Å². The summed E-state index contributed by atoms with van der Waals surface area (Å²) in [6, 6.07) is 7.21. The zero-order valence-electron chi connectivity index (χ0n) is 13.6. The molecule has 0 aromatic carbocycles. The number of carbonyl (C=O) groups is 1. The van der Waals surface area contributed by atoms with Crippen LogP contribution in [-0.2, 0) is 11.3 Å². The number of nitrogens with zero attached hydrogens (tertiary/aromatic N) is 2. The third kappa shape index (κ3) is 3.68. The second kappa shape index (κ2) is 7.63. The third-order valence-corrected chi connectivity index (χ3v) is 5.13. The molecule has 1 fully saturated rings. The Bertz CT molecular complexity index is 742. The largest absolute Gasteiger partial charge is 0.383 e. The Kier molecular flexibility index (Phi) is 5.32. The topological polar surface area (TPSA) is 63.6 Å². The molecule has 0 saturated carbocycles. The molecular weight excluding hydrogens is 326 g/mol. The first kappa shape index (κ1) is 16.7. The lowest BCUT2D eigenvalue weighted by atomic mass is 10.2. The highest BCUT2D eigenvalue weighted by atomic mass is 32.1. The van der Waals surface area contributed by atoms with E-state index in [0.717, 1.165) is 19.4 Å². The number of hydrogen-bond acceptors (Lipinski definition) is 4. The first-order chi connectivity index (χ1) is 11.7. The van der Waals surface area contributed by atoms with Crippen molar-refractivity contribution in [3.05, 3.63) is 51.1 Å². The summed E-state index contributed by atoms with van der Waals surface area (Å²) in [7, 11) is 1.59. The molecule has 7 heteroatoms. The summed E-state index contributed by atoms with van der Waals surface area (Å²) in [6.45, 7) is 1.65. The number of anilines is 1. The van der Waals surface area contributed by atoms with Crippen LogP contribution in [0.3, 0.4) is 0 Å². The Hall–Kier alpha value is -2.12. The van der Waals surface area contributed by atoms with E-state index in [1.165, 1.54) is 10.9 Å². The van der Waals surface area contributed by atoms with Crippen LogP contribution >= 0.6 is 11.3 Å². The molecule has 0 spiro atoms. The van der Waals surface area contributed by atoms with Crippen molar-refractivity contribution < 1.29 is 9.53 Å². The maximum absolute atomic E-state index is 12.6. The van der Waals surface area contributed by atoms with E-state index in [4.69, 9.17) is 4.74 Å². The van der Waals surface area contributed by atoms with E-state index in [1.54, 1.807) is 35.3 Å². The number of likely N-dealkylation sites (tertiary alicyclic amines) is 1. The Morgan fingerprint density at radius 1 is 1.42 bits per heavy atom. The van der Waals surface area contributed by atoms with Crippen LogP contribution in [0.25, 0.3) is 0 Å². The van der Waals surface area contributed by atoms with Crippen molar-refractivity contribution in [1.29, 1.82) is 0 Å². The number of thiophene rings is 1. The molecule has 2 aromatic rings. The lowest BCUT2D eigenvalue weighted by molar-refractivity contribution is 0.186. The minimum Gasteiger partial charge on any atom is -0.383 e. The van der Waals surface area contributed by atoms with Gasteiger partial charge in [-0.15, -0.1) is 11.3 Å². The van der Waals surface area contributed by atoms with Crippen molar-refractivity contribution in [3.63, 3.8) is 0 Å². The Labute approximate surface area is 144 Å². The van der Waals surface area contributed by atoms with Gasteiger partial charge in [0.2, 0.25) is 0 Å². The van der Waals surface area contributed by atoms with E-state index in [1.807, 2.05) is 16.3 Å². The molecule has 6 nitrogen and oxygen atoms in total. The van der Waals surface area contributed by atoms with Gasteiger partial charge >= 0.3 is 6.03 Å². The Morgan fingerprint density at radius 3 is 3.04 bits per heavy atom. The molecule has 2 aromatic heterocycles. The number of rotatable bonds is 5. The molecule has 1 unspecified atom stereocenters. The molecule has 3 heterocycles. The van der Waals surface area contributed by atoms with Crippen LogP contribution in [0.1, 0.15) is 23.8 Å². The van der Waals surface area contributed by atoms with Crippen LogP contribution in [0.4, 0.5) is 10.5 Å². The monoisotopic (exact) mass is 347 g/mol. The summed E-state index contributed by atoms with van der Waals surface area (Å²) in [5.74, 6) is 0. The maximum atomic E-state index is 12.6. The summed E-state index contributed by atoms with van der Waals surface area (Å²) < 4.78 is 6.55. The van der Waals surface area contributed by atoms with Crippen LogP contribution in [-0.4, -0.2) is 35.8 Å². The SMILES string of the molecule is COCCn1cc(NC(=O)N2CCCC2c2cccs2)ccc1=O. The van der Waals surface area contributed by atoms with Gasteiger partial charge in [-0.2, -0.15) is 0 Å². The molecule has 2 amide bonds. The van der Waals surface area contributed by atoms with E-state index in [9.17, 15) is 9.59 Å². The van der Waals surface area contributed by atoms with Crippen LogP contribution in [0.15, 0.2) is 40.6 Å². The molecule has 1 aliphatic heterocycles. The summed E-state index contributed by atoms with van der Waals surface area (Å²) in [5.41, 5.74) is 0.509. The van der Waals surface area contributed by atoms with Crippen molar-refractivity contribution in [1.82, 2.24) is 9.47 Å². The number of amides is 2. The number of nitrogens with one attached hydrogen (secondary N) is 1. The lowest BCUT2D eigenvalue weighted by Gasteiger charge is -2.24. The fourth-order valence-corrected chi connectivity index (χ4v) is 3.82. The molecule has 0 radical (unpaired) electrons. The summed E-state index contributed by atoms with van der Waals surface area (Å²) >= 11 is 1.68. The molecule has 0 bridgehead atoms. The quantitative estimate of drug-likeness (QED) is 0.904. The molecule has 3 rings (SSSR count). The highest BCUT2D eigenvalue weighted by molar-refractivity contribution is 7.10. The van der Waals surface area contributed by atoms with E-state index in [2.05, 4.69) is 11.4 Å². The number of ether oxygens (including phenoxy) is 1. The molecule has 1 atom stereocenters. The first-order valence-corrected chi connectivity index (χ1v) is 8.87. The van der Waals surface area contributed by atoms with Gasteiger partial charge in [-0.1, -0.05) is 6.07 Å². The second-order valence-corrected chi connectivity index (χ2v) is 6.72. The highest BCUT2D eigenvalue weighted by Gasteiger charge is 2.30. The van der Waals surface area contributed by atoms with Gasteiger partial charge in [0.05, 0.1) is 18.3 Å². The fourth-order valence-electron chi connectivity index (χ4n) is 2.95. The van der Waals surface area contributed by atoms with Gasteiger partial charge in [-0.3, -0.25) is 4.79 Å². The van der Waals surface area contributed by atoms with Gasteiger partial charge < -0.3 is 19.5 Å². The highest BCUT2D eigenvalue weighted by Crippen LogP contribution is 2.34. The standard InChI is InChI=1S/C17H21N3O3S/c1-23-10-9-19-12-13(6-7-16(19)21)18-17(22)20-8-2-4-14(20)15-5-3-11-24-15/h3,5-7,11-12,14H,2,4,8-10H2,1H3,(H,18,22). The Balaban J connectivity index is 1.71. The van der Waals surface area contributed by atoms with Crippen LogP contribution < -0.4 is 10.9 Å². The van der Waals surface area contributed by atoms with Crippen molar-refractivity contribution >= 4 is 23.1 Å². The average molecular weight is 347 g/mol. The number of methoxy groups -OCH3 is 1. The van der Waals surface area contributed by atoms with E-state index in [-0.39, 0.29) is 17.6 Å². The number of aromatic nitrogens is 1. The van der Waals surface area contributed by atoms with Crippen molar-refractivity contribution in [2.75, 3.05) is 25.6 Å². The summed E-state index contributed by atoms with van der Waals surface area (Å²) in [5, 5.41) is 4.95. The molecular formula is C17H21N3O3S. The smallest absolute Gasteiger partial charge is 0.322 e. The minimum atomic E-state index is -0.122. The van der Waals surface area contributed by atoms with Gasteiger partial charge in [0, 0.05) is 37.3 Å². The number of urea groups is 1. The van der Waals surface area contributed by atoms with Crippen molar-refractivity contribution in [2.24, 2.45) is 0 Å². The van der Waals surface area contributed by atoms with Crippen LogP contribution in [0, 0.1) is 0 Å². The predicted octanol–water partition coefficient (Wildman–Crippen LogP) is 2.93. The molecule has 1 aliphatic rings. The zero-order valence-corrected chi connectivity index (χ0v) is 14.4. The van der Waals surface area contributed by atoms with Gasteiger partial charge in [0.1, 0.15) is 0 Å². The minimum absolute atomic E-state index is 0.109. The van der Waals surface area contributed by atoms with Crippen molar-refractivity contribution in [2.45, 2.75) is 25.4 Å². The number of pyridine rings is 1. The van der Waals surface area contributed by atoms with Gasteiger partial charge in [-0.25, -0.2) is 4.79 Å². The van der Waals surface area contributed by atoms with Gasteiger partial charge in [0.15, 0.2) is 0 Å². The molecule has 0 aliphatic carbocycles. The maximum Gasteiger partial charge on any atom is 0.322 e. The Morgan fingerprint density at radius 2 is 2.29 bits per heavy atom. The number of carbonyl (C=O) groups excluding carboxylic acids is 1. The molecule has 24 heavy (non-hydrogen) atoms. The van der Waals surface area contributed by atoms with Crippen molar-refractivity contribution in [3.8, 4) is 0 Å². The molecule has 128 valence electrons. The zero-order chi connectivity index (χ0) is 16.9. The fraction of sp³-hybridized carbons (Fsp3) is 0.412. The average Bonchev–Trinajstić information content (AvgIpc) is 3.25. The molecule has 1 saturated heterocycles. The summed E-state index contributed by atoms with van der Waals surface area (Å²) in [4.78, 5) is 27.5. The normalized spacial score (nSPS) is 17.2. The lowest BCUT2D eigenvalue weighted by Crippen LogP contribution is -2.34. The van der Waals surface area contributed by atoms with E-state index >= 15 is 0 Å². The summed E-state index contributed by atoms with van der Waals surface area (Å²) in [6.07, 6.45) is 3.65. The second-order valence-electron chi connectivity index (χ2n) is 5.74. The van der Waals surface area contributed by atoms with E-state index < -0.39 is 0 Å². The van der Waals surface area contributed by atoms with E-state index in [0.29, 0.717) is 18.8 Å². The third-order valence-electron chi connectivity index (χ3n) is 4.16. The van der Waals surface area contributed by atoms with Gasteiger partial charge in [-0.05, 0) is 30.4 Å². The molecule has 1 N–H and O–H groups in total. The van der Waals surface area contributed by atoms with Crippen LogP contribution in [0.2, 0.25) is 0 Å². The number of hydrogen-bond donors (Lipinski definition) is 1. The first-order valence-electron chi connectivity index (χ1n) is 7.99. The predicted molar refractivity (Wildman–Crippen MR) is 94.6 cm³/mol. The van der Waals surface area contributed by atoms with Crippen LogP contribution in [0.5, 0.6) is 0 Å².